The van der Waals surface area contributed by atoms with Crippen LogP contribution in [0, 0.1) is 12.7 Å². The summed E-state index contributed by atoms with van der Waals surface area (Å²) in [5, 5.41) is 7.58. The van der Waals surface area contributed by atoms with Crippen LogP contribution in [0.15, 0.2) is 41.3 Å². The summed E-state index contributed by atoms with van der Waals surface area (Å²) in [4.78, 5) is 23.5. The van der Waals surface area contributed by atoms with E-state index in [-0.39, 0.29) is 28.6 Å². The Kier molecular flexibility index (Phi) is 6.71. The number of nitrogens with one attached hydrogen (secondary N) is 1. The Morgan fingerprint density at radius 3 is 2.50 bits per heavy atom. The Balaban J connectivity index is 1.96. The third-order valence-electron chi connectivity index (χ3n) is 3.77. The van der Waals surface area contributed by atoms with Crippen LogP contribution >= 0.6 is 0 Å². The molecule has 0 aliphatic heterocycles. The first-order valence-corrected chi connectivity index (χ1v) is 9.56. The van der Waals surface area contributed by atoms with Crippen molar-refractivity contribution in [1.82, 2.24) is 5.32 Å². The molecule has 0 aromatic heterocycles. The van der Waals surface area contributed by atoms with Gasteiger partial charge in [0.15, 0.2) is 6.61 Å². The zero-order chi connectivity index (χ0) is 20.9. The van der Waals surface area contributed by atoms with Gasteiger partial charge in [-0.05, 0) is 42.3 Å². The van der Waals surface area contributed by atoms with Crippen molar-refractivity contribution in [1.29, 1.82) is 0 Å². The van der Waals surface area contributed by atoms with E-state index in [4.69, 9.17) is 14.6 Å². The maximum Gasteiger partial charge on any atom is 0.338 e. The number of rotatable bonds is 7. The Morgan fingerprint density at radius 2 is 1.89 bits per heavy atom. The molecule has 0 aliphatic carbocycles. The Bertz CT molecular complexity index is 1010. The highest BCUT2D eigenvalue weighted by molar-refractivity contribution is 7.89. The summed E-state index contributed by atoms with van der Waals surface area (Å²) in [5.41, 5.74) is 0.927. The fourth-order valence-electron chi connectivity index (χ4n) is 2.24. The molecule has 0 saturated carbocycles. The molecule has 150 valence electrons. The van der Waals surface area contributed by atoms with Crippen LogP contribution in [0.25, 0.3) is 0 Å². The van der Waals surface area contributed by atoms with Gasteiger partial charge in [-0.25, -0.2) is 22.7 Å². The molecule has 0 heterocycles. The molecule has 28 heavy (non-hydrogen) atoms. The Labute approximate surface area is 161 Å². The summed E-state index contributed by atoms with van der Waals surface area (Å²) in [5.74, 6) is -1.93. The van der Waals surface area contributed by atoms with Gasteiger partial charge in [0, 0.05) is 6.54 Å². The topological polar surface area (TPSA) is 125 Å². The number of nitrogens with two attached hydrogens (primary N) is 1. The van der Waals surface area contributed by atoms with Crippen molar-refractivity contribution in [3.8, 4) is 5.75 Å². The average molecular weight is 410 g/mol. The first kappa shape index (κ1) is 21.3. The van der Waals surface area contributed by atoms with E-state index in [1.807, 2.05) is 0 Å². The van der Waals surface area contributed by atoms with Crippen molar-refractivity contribution in [2.75, 3.05) is 13.7 Å². The molecule has 0 radical (unpaired) electrons. The molecule has 0 unspecified atom stereocenters. The number of aryl methyl sites for hydroxylation is 1. The largest absolute Gasteiger partial charge is 0.495 e. The van der Waals surface area contributed by atoms with Crippen molar-refractivity contribution >= 4 is 21.9 Å². The summed E-state index contributed by atoms with van der Waals surface area (Å²) in [6.45, 7) is 1.09. The standard InChI is InChI=1S/C18H19FN2O6S/c1-11-3-4-12(7-14(11)19)9-21-17(22)10-27-18(23)13-5-6-15(26-2)16(8-13)28(20,24)25/h3-8H,9-10H2,1-2H3,(H,21,22)(H2,20,24,25). The van der Waals surface area contributed by atoms with Gasteiger partial charge < -0.3 is 14.8 Å². The van der Waals surface area contributed by atoms with E-state index in [0.717, 1.165) is 6.07 Å². The number of hydrogen-bond donors (Lipinski definition) is 2. The van der Waals surface area contributed by atoms with E-state index in [1.54, 1.807) is 19.1 Å². The molecule has 8 nitrogen and oxygen atoms in total. The molecule has 0 bridgehead atoms. The van der Waals surface area contributed by atoms with Crippen molar-refractivity contribution in [3.05, 3.63) is 58.9 Å². The minimum atomic E-state index is -4.12. The van der Waals surface area contributed by atoms with Crippen LogP contribution in [-0.4, -0.2) is 34.0 Å². The molecule has 2 aromatic carbocycles. The third-order valence-corrected chi connectivity index (χ3v) is 4.70. The third kappa shape index (κ3) is 5.51. The van der Waals surface area contributed by atoms with Crippen molar-refractivity contribution < 1.29 is 31.9 Å². The van der Waals surface area contributed by atoms with Gasteiger partial charge in [0.05, 0.1) is 12.7 Å². The number of primary sulfonamides is 1. The Hall–Kier alpha value is -2.98. The second kappa shape index (κ2) is 8.81. The van der Waals surface area contributed by atoms with Crippen molar-refractivity contribution in [2.45, 2.75) is 18.4 Å². The lowest BCUT2D eigenvalue weighted by molar-refractivity contribution is -0.124. The summed E-state index contributed by atoms with van der Waals surface area (Å²) in [7, 11) is -2.87. The second-order valence-corrected chi connectivity index (χ2v) is 7.38. The van der Waals surface area contributed by atoms with Gasteiger partial charge >= 0.3 is 5.97 Å². The highest BCUT2D eigenvalue weighted by Gasteiger charge is 2.19. The van der Waals surface area contributed by atoms with Gasteiger partial charge in [-0.1, -0.05) is 12.1 Å². The van der Waals surface area contributed by atoms with Crippen LogP contribution in [-0.2, 0) is 26.1 Å². The number of sulfonamides is 1. The number of halogens is 1. The first-order chi connectivity index (χ1) is 13.1. The van der Waals surface area contributed by atoms with E-state index < -0.39 is 28.5 Å². The van der Waals surface area contributed by atoms with Crippen molar-refractivity contribution in [3.63, 3.8) is 0 Å². The number of benzene rings is 2. The van der Waals surface area contributed by atoms with E-state index in [0.29, 0.717) is 11.1 Å². The number of hydrogen-bond acceptors (Lipinski definition) is 6. The van der Waals surface area contributed by atoms with Gasteiger partial charge in [0.25, 0.3) is 5.91 Å². The van der Waals surface area contributed by atoms with Crippen LogP contribution in [0.4, 0.5) is 4.39 Å². The van der Waals surface area contributed by atoms with Crippen LogP contribution in [0.3, 0.4) is 0 Å². The molecule has 2 rings (SSSR count). The first-order valence-electron chi connectivity index (χ1n) is 8.01. The molecule has 0 aliphatic rings. The molecule has 0 fully saturated rings. The lowest BCUT2D eigenvalue weighted by atomic mass is 10.1. The van der Waals surface area contributed by atoms with Gasteiger partial charge in [-0.3, -0.25) is 4.79 Å². The molecule has 1 amide bonds. The molecular weight excluding hydrogens is 391 g/mol. The summed E-state index contributed by atoms with van der Waals surface area (Å²) < 4.78 is 46.4. The zero-order valence-electron chi connectivity index (χ0n) is 15.2. The number of methoxy groups -OCH3 is 1. The van der Waals surface area contributed by atoms with Crippen molar-refractivity contribution in [2.24, 2.45) is 5.14 Å². The normalized spacial score (nSPS) is 11.0. The minimum Gasteiger partial charge on any atom is -0.495 e. The van der Waals surface area contributed by atoms with Crippen LogP contribution in [0.5, 0.6) is 5.75 Å². The predicted molar refractivity (Wildman–Crippen MR) is 97.6 cm³/mol. The summed E-state index contributed by atoms with van der Waals surface area (Å²) >= 11 is 0. The molecule has 0 saturated heterocycles. The quantitative estimate of drug-likeness (QED) is 0.662. The Morgan fingerprint density at radius 1 is 1.18 bits per heavy atom. The number of ether oxygens (including phenoxy) is 2. The van der Waals surface area contributed by atoms with E-state index in [1.165, 1.54) is 25.3 Å². The van der Waals surface area contributed by atoms with Gasteiger partial charge in [-0.15, -0.1) is 0 Å². The van der Waals surface area contributed by atoms with E-state index >= 15 is 0 Å². The van der Waals surface area contributed by atoms with E-state index in [2.05, 4.69) is 5.32 Å². The minimum absolute atomic E-state index is 0.0258. The fourth-order valence-corrected chi connectivity index (χ4v) is 2.96. The number of amides is 1. The number of carbonyl (C=O) groups excluding carboxylic acids is 2. The predicted octanol–water partition coefficient (Wildman–Crippen LogP) is 1.26. The average Bonchev–Trinajstić information content (AvgIpc) is 2.65. The number of esters is 1. The smallest absolute Gasteiger partial charge is 0.338 e. The maximum absolute atomic E-state index is 13.5. The maximum atomic E-state index is 13.5. The van der Waals surface area contributed by atoms with E-state index in [9.17, 15) is 22.4 Å². The molecule has 0 spiro atoms. The molecule has 10 heteroatoms. The fraction of sp³-hybridized carbons (Fsp3) is 0.222. The van der Waals surface area contributed by atoms with Crippen LogP contribution < -0.4 is 15.2 Å². The SMILES string of the molecule is COc1ccc(C(=O)OCC(=O)NCc2ccc(C)c(F)c2)cc1S(N)(=O)=O. The molecular formula is C18H19FN2O6S. The molecule has 2 aromatic rings. The molecule has 0 atom stereocenters. The summed E-state index contributed by atoms with van der Waals surface area (Å²) in [6, 6.07) is 8.09. The zero-order valence-corrected chi connectivity index (χ0v) is 16.0. The van der Waals surface area contributed by atoms with Crippen LogP contribution in [0.2, 0.25) is 0 Å². The highest BCUT2D eigenvalue weighted by atomic mass is 32.2. The summed E-state index contributed by atoms with van der Waals surface area (Å²) in [6.07, 6.45) is 0. The molecule has 3 N–H and O–H groups in total. The van der Waals surface area contributed by atoms with Gasteiger partial charge in [-0.2, -0.15) is 0 Å². The van der Waals surface area contributed by atoms with Gasteiger partial charge in [0.2, 0.25) is 10.0 Å². The second-order valence-electron chi connectivity index (χ2n) is 5.85. The highest BCUT2D eigenvalue weighted by Crippen LogP contribution is 2.24. The number of carbonyl (C=O) groups is 2. The van der Waals surface area contributed by atoms with Crippen LogP contribution in [0.1, 0.15) is 21.5 Å². The lowest BCUT2D eigenvalue weighted by Gasteiger charge is -2.10. The van der Waals surface area contributed by atoms with Gasteiger partial charge in [0.1, 0.15) is 16.5 Å². The monoisotopic (exact) mass is 410 g/mol. The lowest BCUT2D eigenvalue weighted by Crippen LogP contribution is -2.28.